The number of rotatable bonds is 16. The van der Waals surface area contributed by atoms with Gasteiger partial charge in [-0.25, -0.2) is 14.4 Å². The van der Waals surface area contributed by atoms with Crippen LogP contribution < -0.4 is 16.0 Å². The molecule has 282 valence electrons. The Morgan fingerprint density at radius 3 is 2.45 bits per heavy atom. The van der Waals surface area contributed by atoms with Crippen molar-refractivity contribution in [3.63, 3.8) is 0 Å². The molecule has 5 atom stereocenters. The SMILES string of the molecule is CCOC(=O)[C@H](CC(C)C)NC(=O)CCC1CC(OC(=O)NCc2cccc3ccccc23)CC2(CCCC(COC(=O)NCCC(C)C)O2)O1. The van der Waals surface area contributed by atoms with Crippen molar-refractivity contribution in [2.75, 3.05) is 19.8 Å². The molecule has 3 amide bonds. The van der Waals surface area contributed by atoms with Crippen LogP contribution in [0.25, 0.3) is 10.8 Å². The first-order valence-electron chi connectivity index (χ1n) is 18.6. The molecule has 2 heterocycles. The second-order valence-electron chi connectivity index (χ2n) is 14.5. The molecule has 0 radical (unpaired) electrons. The van der Waals surface area contributed by atoms with E-state index in [0.29, 0.717) is 57.5 Å². The molecule has 0 aromatic heterocycles. The van der Waals surface area contributed by atoms with Crippen molar-refractivity contribution in [3.8, 4) is 0 Å². The van der Waals surface area contributed by atoms with Gasteiger partial charge in [-0.2, -0.15) is 0 Å². The van der Waals surface area contributed by atoms with E-state index in [1.54, 1.807) is 6.92 Å². The minimum absolute atomic E-state index is 0.0633. The summed E-state index contributed by atoms with van der Waals surface area (Å²) in [7, 11) is 0. The summed E-state index contributed by atoms with van der Waals surface area (Å²) in [5.74, 6) is -1.18. The predicted molar refractivity (Wildman–Crippen MR) is 193 cm³/mol. The lowest BCUT2D eigenvalue weighted by atomic mass is 9.90. The third-order valence-electron chi connectivity index (χ3n) is 9.19. The van der Waals surface area contributed by atoms with Gasteiger partial charge in [0, 0.05) is 38.8 Å². The molecular weight excluding hydrogens is 654 g/mol. The second kappa shape index (κ2) is 19.6. The van der Waals surface area contributed by atoms with Gasteiger partial charge in [0.1, 0.15) is 18.8 Å². The smallest absolute Gasteiger partial charge is 0.407 e. The van der Waals surface area contributed by atoms with Crippen LogP contribution in [0.15, 0.2) is 42.5 Å². The third-order valence-corrected chi connectivity index (χ3v) is 9.19. The fourth-order valence-corrected chi connectivity index (χ4v) is 6.74. The number of hydrogen-bond acceptors (Lipinski definition) is 9. The Balaban J connectivity index is 1.40. The molecule has 12 nitrogen and oxygen atoms in total. The molecule has 2 fully saturated rings. The summed E-state index contributed by atoms with van der Waals surface area (Å²) in [4.78, 5) is 51.1. The third kappa shape index (κ3) is 13.0. The van der Waals surface area contributed by atoms with Crippen molar-refractivity contribution in [1.82, 2.24) is 16.0 Å². The normalized spacial score (nSPS) is 22.4. The summed E-state index contributed by atoms with van der Waals surface area (Å²) in [6.45, 7) is 11.0. The van der Waals surface area contributed by atoms with Crippen LogP contribution in [0.1, 0.15) is 98.0 Å². The van der Waals surface area contributed by atoms with E-state index in [1.165, 1.54) is 0 Å². The number of esters is 1. The van der Waals surface area contributed by atoms with E-state index in [2.05, 4.69) is 29.8 Å². The summed E-state index contributed by atoms with van der Waals surface area (Å²) < 4.78 is 29.7. The maximum Gasteiger partial charge on any atom is 0.407 e. The molecule has 2 aliphatic heterocycles. The highest BCUT2D eigenvalue weighted by atomic mass is 16.7. The molecule has 2 aromatic rings. The molecule has 0 aliphatic carbocycles. The molecule has 51 heavy (non-hydrogen) atoms. The number of amides is 3. The topological polar surface area (TPSA) is 151 Å². The van der Waals surface area contributed by atoms with Crippen molar-refractivity contribution in [2.24, 2.45) is 11.8 Å². The van der Waals surface area contributed by atoms with Crippen LogP contribution in [0, 0.1) is 11.8 Å². The van der Waals surface area contributed by atoms with Crippen LogP contribution in [0.5, 0.6) is 0 Å². The minimum atomic E-state index is -1.08. The molecule has 3 N–H and O–H groups in total. The largest absolute Gasteiger partial charge is 0.464 e. The Morgan fingerprint density at radius 2 is 1.69 bits per heavy atom. The highest BCUT2D eigenvalue weighted by Gasteiger charge is 2.47. The molecule has 1 spiro atoms. The lowest BCUT2D eigenvalue weighted by Crippen LogP contribution is -2.54. The zero-order valence-electron chi connectivity index (χ0n) is 30.9. The molecule has 2 aromatic carbocycles. The number of hydrogen-bond donors (Lipinski definition) is 3. The number of ether oxygens (including phenoxy) is 5. The van der Waals surface area contributed by atoms with Crippen molar-refractivity contribution in [1.29, 1.82) is 0 Å². The maximum absolute atomic E-state index is 13.2. The van der Waals surface area contributed by atoms with E-state index in [4.69, 9.17) is 23.7 Å². The van der Waals surface area contributed by atoms with Gasteiger partial charge in [-0.05, 0) is 67.2 Å². The van der Waals surface area contributed by atoms with E-state index in [9.17, 15) is 19.2 Å². The number of nitrogens with one attached hydrogen (secondary N) is 3. The van der Waals surface area contributed by atoms with E-state index in [0.717, 1.165) is 29.2 Å². The minimum Gasteiger partial charge on any atom is -0.464 e. The Kier molecular flexibility index (Phi) is 15.4. The first kappa shape index (κ1) is 39.9. The van der Waals surface area contributed by atoms with Crippen LogP contribution in [0.3, 0.4) is 0 Å². The number of benzene rings is 2. The van der Waals surface area contributed by atoms with Gasteiger partial charge in [0.25, 0.3) is 0 Å². The van der Waals surface area contributed by atoms with Crippen molar-refractivity contribution in [3.05, 3.63) is 48.0 Å². The highest BCUT2D eigenvalue weighted by molar-refractivity contribution is 5.86. The van der Waals surface area contributed by atoms with Gasteiger partial charge in [-0.15, -0.1) is 0 Å². The average Bonchev–Trinajstić information content (AvgIpc) is 3.08. The lowest BCUT2D eigenvalue weighted by Gasteiger charge is -2.47. The summed E-state index contributed by atoms with van der Waals surface area (Å²) >= 11 is 0. The quantitative estimate of drug-likeness (QED) is 0.131. The van der Waals surface area contributed by atoms with Crippen LogP contribution in [-0.4, -0.2) is 74.0 Å². The molecule has 4 unspecified atom stereocenters. The van der Waals surface area contributed by atoms with Gasteiger partial charge in [0.05, 0.1) is 18.8 Å². The van der Waals surface area contributed by atoms with E-state index < -0.39 is 48.3 Å². The fraction of sp³-hybridized carbons (Fsp3) is 0.641. The first-order valence-corrected chi connectivity index (χ1v) is 18.6. The zero-order chi connectivity index (χ0) is 36.8. The Morgan fingerprint density at radius 1 is 0.922 bits per heavy atom. The van der Waals surface area contributed by atoms with Crippen LogP contribution in [-0.2, 0) is 39.8 Å². The average molecular weight is 712 g/mol. The molecule has 2 aliphatic rings. The van der Waals surface area contributed by atoms with Gasteiger partial charge in [0.2, 0.25) is 5.91 Å². The fourth-order valence-electron chi connectivity index (χ4n) is 6.74. The molecule has 0 bridgehead atoms. The summed E-state index contributed by atoms with van der Waals surface area (Å²) in [5.41, 5.74) is 0.975. The van der Waals surface area contributed by atoms with E-state index >= 15 is 0 Å². The van der Waals surface area contributed by atoms with Crippen LogP contribution in [0.2, 0.25) is 0 Å². The second-order valence-corrected chi connectivity index (χ2v) is 14.5. The Bertz CT molecular complexity index is 1440. The summed E-state index contributed by atoms with van der Waals surface area (Å²) in [6, 6.07) is 13.2. The summed E-state index contributed by atoms with van der Waals surface area (Å²) in [5, 5.41) is 10.7. The highest BCUT2D eigenvalue weighted by Crippen LogP contribution is 2.41. The Labute approximate surface area is 302 Å². The van der Waals surface area contributed by atoms with Crippen molar-refractivity contribution in [2.45, 2.75) is 129 Å². The zero-order valence-corrected chi connectivity index (χ0v) is 30.9. The number of carbonyl (C=O) groups is 4. The molecular formula is C39H57N3O9. The first-order chi connectivity index (χ1) is 24.4. The van der Waals surface area contributed by atoms with Crippen molar-refractivity contribution >= 4 is 34.8 Å². The van der Waals surface area contributed by atoms with E-state index in [-0.39, 0.29) is 31.5 Å². The monoisotopic (exact) mass is 711 g/mol. The van der Waals surface area contributed by atoms with Gasteiger partial charge in [-0.3, -0.25) is 4.79 Å². The molecule has 2 saturated heterocycles. The van der Waals surface area contributed by atoms with Gasteiger partial charge in [0.15, 0.2) is 5.79 Å². The maximum atomic E-state index is 13.2. The standard InChI is InChI=1S/C39H57N3O9/c1-6-47-36(44)34(21-27(4)5)42-35(43)17-16-30-22-32(49-38(46)41-24-29-13-9-12-28-11-7-8-15-33(28)29)23-39(50-30)19-10-14-31(51-39)25-48-37(45)40-20-18-26(2)3/h7-9,11-13,15,26-27,30-32,34H,6,10,14,16-25H2,1-5H3,(H,40,45)(H,41,46)(H,42,43)/t30?,31?,32?,34-,39?/m0/s1. The van der Waals surface area contributed by atoms with Crippen molar-refractivity contribution < 1.29 is 42.9 Å². The summed E-state index contributed by atoms with van der Waals surface area (Å²) in [6.07, 6.45) is 1.93. The number of alkyl carbamates (subject to hydrolysis) is 2. The van der Waals surface area contributed by atoms with Gasteiger partial charge < -0.3 is 39.6 Å². The predicted octanol–water partition coefficient (Wildman–Crippen LogP) is 6.53. The van der Waals surface area contributed by atoms with Gasteiger partial charge >= 0.3 is 18.2 Å². The molecule has 4 rings (SSSR count). The lowest BCUT2D eigenvalue weighted by molar-refractivity contribution is -0.329. The van der Waals surface area contributed by atoms with Gasteiger partial charge in [-0.1, -0.05) is 70.2 Å². The number of carbonyl (C=O) groups excluding carboxylic acids is 4. The number of fused-ring (bicyclic) bond motifs is 1. The molecule has 0 saturated carbocycles. The Hall–Kier alpha value is -3.90. The molecule has 12 heteroatoms. The van der Waals surface area contributed by atoms with Crippen LogP contribution >= 0.6 is 0 Å². The van der Waals surface area contributed by atoms with Crippen LogP contribution in [0.4, 0.5) is 9.59 Å². The van der Waals surface area contributed by atoms with E-state index in [1.807, 2.05) is 56.3 Å².